The molecule has 23 heavy (non-hydrogen) atoms. The van der Waals surface area contributed by atoms with Crippen molar-refractivity contribution in [3.63, 3.8) is 0 Å². The van der Waals surface area contributed by atoms with Gasteiger partial charge in [-0.15, -0.1) is 0 Å². The van der Waals surface area contributed by atoms with Crippen molar-refractivity contribution < 1.29 is 14.1 Å². The Hall–Kier alpha value is -2.01. The van der Waals surface area contributed by atoms with Crippen molar-refractivity contribution in [3.05, 3.63) is 46.8 Å². The number of carbonyl (C=O) groups is 1. The molecule has 0 N–H and O–H groups in total. The lowest BCUT2D eigenvalue weighted by atomic mass is 10.1. The summed E-state index contributed by atoms with van der Waals surface area (Å²) in [5.41, 5.74) is 0.685. The Morgan fingerprint density at radius 3 is 2.83 bits per heavy atom. The van der Waals surface area contributed by atoms with Crippen LogP contribution < -0.4 is 4.74 Å². The largest absolute Gasteiger partial charge is 0.490 e. The predicted octanol–water partition coefficient (Wildman–Crippen LogP) is 3.25. The first-order chi connectivity index (χ1) is 11.1. The average Bonchev–Trinajstić information content (AvgIpc) is 2.93. The van der Waals surface area contributed by atoms with E-state index in [0.717, 1.165) is 24.4 Å². The van der Waals surface area contributed by atoms with E-state index in [2.05, 4.69) is 5.16 Å². The molecule has 2 heterocycles. The van der Waals surface area contributed by atoms with E-state index < -0.39 is 0 Å². The zero-order chi connectivity index (χ0) is 16.2. The molecule has 122 valence electrons. The van der Waals surface area contributed by atoms with Crippen LogP contribution in [0.3, 0.4) is 0 Å². The first-order valence-electron chi connectivity index (χ1n) is 7.72. The molecule has 1 saturated heterocycles. The van der Waals surface area contributed by atoms with Gasteiger partial charge in [0.1, 0.15) is 17.6 Å². The minimum Gasteiger partial charge on any atom is -0.490 e. The van der Waals surface area contributed by atoms with Gasteiger partial charge < -0.3 is 14.2 Å². The number of hydrogen-bond acceptors (Lipinski definition) is 4. The maximum Gasteiger partial charge on any atom is 0.228 e. The van der Waals surface area contributed by atoms with Crippen molar-refractivity contribution in [2.75, 3.05) is 13.1 Å². The number of carbonyl (C=O) groups excluding carboxylic acids is 1. The second-order valence-electron chi connectivity index (χ2n) is 5.76. The third-order valence-electron chi connectivity index (χ3n) is 3.90. The first-order valence-corrected chi connectivity index (χ1v) is 8.10. The zero-order valence-electron chi connectivity index (χ0n) is 13.0. The molecule has 6 heteroatoms. The Bertz CT molecular complexity index is 678. The fourth-order valence-corrected chi connectivity index (χ4v) is 2.90. The van der Waals surface area contributed by atoms with Gasteiger partial charge in [-0.2, -0.15) is 0 Å². The van der Waals surface area contributed by atoms with Crippen molar-refractivity contribution in [2.45, 2.75) is 32.3 Å². The van der Waals surface area contributed by atoms with Gasteiger partial charge in [0.25, 0.3) is 0 Å². The molecule has 5 nitrogen and oxygen atoms in total. The Kier molecular flexibility index (Phi) is 4.86. The number of ether oxygens (including phenoxy) is 1. The minimum absolute atomic E-state index is 0.0829. The second kappa shape index (κ2) is 7.04. The van der Waals surface area contributed by atoms with Crippen molar-refractivity contribution in [1.29, 1.82) is 0 Å². The number of halogens is 1. The summed E-state index contributed by atoms with van der Waals surface area (Å²) < 4.78 is 10.9. The van der Waals surface area contributed by atoms with E-state index >= 15 is 0 Å². The Balaban J connectivity index is 1.49. The van der Waals surface area contributed by atoms with Crippen molar-refractivity contribution >= 4 is 17.5 Å². The molecule has 0 radical (unpaired) electrons. The number of amides is 1. The summed E-state index contributed by atoms with van der Waals surface area (Å²) in [6.07, 6.45) is 2.04. The summed E-state index contributed by atoms with van der Waals surface area (Å²) in [4.78, 5) is 14.1. The van der Waals surface area contributed by atoms with E-state index in [4.69, 9.17) is 20.9 Å². The molecule has 0 saturated carbocycles. The van der Waals surface area contributed by atoms with E-state index in [-0.39, 0.29) is 18.4 Å². The number of piperidine rings is 1. The normalized spacial score (nSPS) is 15.7. The lowest BCUT2D eigenvalue weighted by molar-refractivity contribution is -0.132. The van der Waals surface area contributed by atoms with E-state index in [1.54, 1.807) is 6.07 Å². The van der Waals surface area contributed by atoms with E-state index in [9.17, 15) is 4.79 Å². The Labute approximate surface area is 140 Å². The van der Waals surface area contributed by atoms with Crippen LogP contribution >= 0.6 is 11.6 Å². The van der Waals surface area contributed by atoms with Gasteiger partial charge in [-0.3, -0.25) is 4.79 Å². The summed E-state index contributed by atoms with van der Waals surface area (Å²) in [6, 6.07) is 9.20. The van der Waals surface area contributed by atoms with Gasteiger partial charge in [0, 0.05) is 37.0 Å². The van der Waals surface area contributed by atoms with Gasteiger partial charge in [-0.25, -0.2) is 0 Å². The molecule has 1 amide bonds. The summed E-state index contributed by atoms with van der Waals surface area (Å²) in [7, 11) is 0. The van der Waals surface area contributed by atoms with Gasteiger partial charge in [-0.1, -0.05) is 22.8 Å². The summed E-state index contributed by atoms with van der Waals surface area (Å²) in [5, 5.41) is 4.53. The average molecular weight is 335 g/mol. The number of hydrogen-bond donors (Lipinski definition) is 0. The second-order valence-corrected chi connectivity index (χ2v) is 6.20. The Morgan fingerprint density at radius 2 is 2.17 bits per heavy atom. The SMILES string of the molecule is Cc1cc(CC(=O)N2CCC(Oc3cccc(Cl)c3)CC2)no1. The van der Waals surface area contributed by atoms with Crippen LogP contribution in [0.25, 0.3) is 0 Å². The maximum absolute atomic E-state index is 12.3. The molecule has 2 aromatic rings. The minimum atomic E-state index is 0.0829. The molecule has 0 bridgehead atoms. The third kappa shape index (κ3) is 4.26. The number of aryl methyl sites for hydroxylation is 1. The van der Waals surface area contributed by atoms with Crippen LogP contribution in [-0.4, -0.2) is 35.2 Å². The molecule has 0 spiro atoms. The van der Waals surface area contributed by atoms with E-state index in [0.29, 0.717) is 23.8 Å². The van der Waals surface area contributed by atoms with Crippen LogP contribution in [-0.2, 0) is 11.2 Å². The van der Waals surface area contributed by atoms with Crippen LogP contribution in [0.4, 0.5) is 0 Å². The van der Waals surface area contributed by atoms with Crippen molar-refractivity contribution in [1.82, 2.24) is 10.1 Å². The highest BCUT2D eigenvalue weighted by Gasteiger charge is 2.24. The fourth-order valence-electron chi connectivity index (χ4n) is 2.72. The summed E-state index contributed by atoms with van der Waals surface area (Å²) in [5.74, 6) is 1.58. The Morgan fingerprint density at radius 1 is 1.39 bits per heavy atom. The topological polar surface area (TPSA) is 55.6 Å². The van der Waals surface area contributed by atoms with Gasteiger partial charge in [0.05, 0.1) is 12.1 Å². The number of nitrogens with zero attached hydrogens (tertiary/aromatic N) is 2. The number of aromatic nitrogens is 1. The molecule has 1 aliphatic rings. The fraction of sp³-hybridized carbons (Fsp3) is 0.412. The highest BCUT2D eigenvalue weighted by atomic mass is 35.5. The molecule has 0 aliphatic carbocycles. The lowest BCUT2D eigenvalue weighted by Gasteiger charge is -2.32. The predicted molar refractivity (Wildman–Crippen MR) is 86.6 cm³/mol. The molecule has 3 rings (SSSR count). The van der Waals surface area contributed by atoms with Gasteiger partial charge in [-0.05, 0) is 25.1 Å². The van der Waals surface area contributed by atoms with Crippen molar-refractivity contribution in [2.24, 2.45) is 0 Å². The zero-order valence-corrected chi connectivity index (χ0v) is 13.8. The quantitative estimate of drug-likeness (QED) is 0.861. The molecule has 1 fully saturated rings. The number of likely N-dealkylation sites (tertiary alicyclic amines) is 1. The highest BCUT2D eigenvalue weighted by molar-refractivity contribution is 6.30. The molecule has 1 aromatic heterocycles. The maximum atomic E-state index is 12.3. The van der Waals surface area contributed by atoms with Crippen LogP contribution in [0, 0.1) is 6.92 Å². The van der Waals surface area contributed by atoms with Crippen molar-refractivity contribution in [3.8, 4) is 5.75 Å². The molecule has 1 aliphatic heterocycles. The van der Waals surface area contributed by atoms with Crippen LogP contribution in [0.15, 0.2) is 34.9 Å². The molecule has 1 aromatic carbocycles. The molecular formula is C17H19ClN2O3. The molecular weight excluding hydrogens is 316 g/mol. The van der Waals surface area contributed by atoms with Gasteiger partial charge in [0.15, 0.2) is 0 Å². The van der Waals surface area contributed by atoms with Crippen LogP contribution in [0.5, 0.6) is 5.75 Å². The smallest absolute Gasteiger partial charge is 0.228 e. The number of rotatable bonds is 4. The first kappa shape index (κ1) is 15.9. The van der Waals surface area contributed by atoms with Crippen LogP contribution in [0.2, 0.25) is 5.02 Å². The highest BCUT2D eigenvalue weighted by Crippen LogP contribution is 2.22. The van der Waals surface area contributed by atoms with Gasteiger partial charge >= 0.3 is 0 Å². The van der Waals surface area contributed by atoms with Crippen LogP contribution in [0.1, 0.15) is 24.3 Å². The standard InChI is InChI=1S/C17H19ClN2O3/c1-12-9-14(19-23-12)11-17(21)20-7-5-15(6-8-20)22-16-4-2-3-13(18)10-16/h2-4,9-10,15H,5-8,11H2,1H3. The molecule has 0 atom stereocenters. The van der Waals surface area contributed by atoms with E-state index in [1.165, 1.54) is 0 Å². The number of benzene rings is 1. The molecule has 0 unspecified atom stereocenters. The summed E-state index contributed by atoms with van der Waals surface area (Å²) in [6.45, 7) is 3.21. The lowest BCUT2D eigenvalue weighted by Crippen LogP contribution is -2.42. The van der Waals surface area contributed by atoms with Gasteiger partial charge in [0.2, 0.25) is 5.91 Å². The monoisotopic (exact) mass is 334 g/mol. The third-order valence-corrected chi connectivity index (χ3v) is 4.14. The summed E-state index contributed by atoms with van der Waals surface area (Å²) >= 11 is 5.96. The van der Waals surface area contributed by atoms with E-state index in [1.807, 2.05) is 36.1 Å².